The van der Waals surface area contributed by atoms with E-state index in [4.69, 9.17) is 21.6 Å². The molecule has 0 N–H and O–H groups in total. The highest BCUT2D eigenvalue weighted by atomic mass is 35.5. The van der Waals surface area contributed by atoms with Crippen LogP contribution >= 0.6 is 11.6 Å². The molecule has 2 aromatic rings. The van der Waals surface area contributed by atoms with Gasteiger partial charge < -0.3 is 9.64 Å². The lowest BCUT2D eigenvalue weighted by Crippen LogP contribution is -2.31. The number of amides is 1. The van der Waals surface area contributed by atoms with Gasteiger partial charge in [-0.1, -0.05) is 11.6 Å². The summed E-state index contributed by atoms with van der Waals surface area (Å²) < 4.78 is 18.8. The predicted octanol–water partition coefficient (Wildman–Crippen LogP) is 2.43. The molecule has 8 heteroatoms. The molecule has 1 aliphatic rings. The molecule has 0 radical (unpaired) electrons. The number of likely N-dealkylation sites (tertiary alicyclic amines) is 1. The van der Waals surface area contributed by atoms with Crippen LogP contribution in [0.3, 0.4) is 0 Å². The van der Waals surface area contributed by atoms with Crippen molar-refractivity contribution >= 4 is 17.5 Å². The normalized spacial score (nSPS) is 16.7. The standard InChI is InChI=1S/C16H12ClFN4O2/c17-13-7-10(18)1-2-12(13)16(23)22-6-3-11(9-22)24-15-14(8-19)20-4-5-21-15/h1-2,4-5,7,11H,3,6,9H2. The zero-order valence-electron chi connectivity index (χ0n) is 12.4. The summed E-state index contributed by atoms with van der Waals surface area (Å²) in [6.45, 7) is 0.799. The smallest absolute Gasteiger partial charge is 0.255 e. The highest BCUT2D eigenvalue weighted by Crippen LogP contribution is 2.23. The maximum Gasteiger partial charge on any atom is 0.255 e. The van der Waals surface area contributed by atoms with E-state index in [0.29, 0.717) is 19.5 Å². The maximum atomic E-state index is 13.1. The summed E-state index contributed by atoms with van der Waals surface area (Å²) in [7, 11) is 0. The lowest BCUT2D eigenvalue weighted by Gasteiger charge is -2.17. The van der Waals surface area contributed by atoms with E-state index in [0.717, 1.165) is 6.07 Å². The van der Waals surface area contributed by atoms with Crippen LogP contribution in [-0.2, 0) is 0 Å². The molecule has 1 aromatic carbocycles. The van der Waals surface area contributed by atoms with E-state index in [9.17, 15) is 9.18 Å². The van der Waals surface area contributed by atoms with Crippen molar-refractivity contribution in [1.82, 2.24) is 14.9 Å². The van der Waals surface area contributed by atoms with Crippen LogP contribution in [0.5, 0.6) is 5.88 Å². The first kappa shape index (κ1) is 16.1. The molecule has 0 spiro atoms. The first-order valence-electron chi connectivity index (χ1n) is 7.20. The van der Waals surface area contributed by atoms with Crippen molar-refractivity contribution in [3.63, 3.8) is 0 Å². The van der Waals surface area contributed by atoms with Gasteiger partial charge in [-0.25, -0.2) is 14.4 Å². The molecule has 1 amide bonds. The van der Waals surface area contributed by atoms with Crippen LogP contribution in [-0.4, -0.2) is 40.0 Å². The van der Waals surface area contributed by atoms with Crippen molar-refractivity contribution < 1.29 is 13.9 Å². The highest BCUT2D eigenvalue weighted by molar-refractivity contribution is 6.33. The Morgan fingerprint density at radius 3 is 2.96 bits per heavy atom. The number of hydrogen-bond acceptors (Lipinski definition) is 5. The Bertz CT molecular complexity index is 824. The number of carbonyl (C=O) groups excluding carboxylic acids is 1. The Kier molecular flexibility index (Phi) is 4.58. The first-order chi connectivity index (χ1) is 11.6. The third-order valence-corrected chi connectivity index (χ3v) is 3.96. The number of ether oxygens (including phenoxy) is 1. The average Bonchev–Trinajstić information content (AvgIpc) is 3.03. The lowest BCUT2D eigenvalue weighted by atomic mass is 10.2. The zero-order chi connectivity index (χ0) is 17.1. The van der Waals surface area contributed by atoms with E-state index in [1.807, 2.05) is 6.07 Å². The van der Waals surface area contributed by atoms with Crippen molar-refractivity contribution in [1.29, 1.82) is 5.26 Å². The van der Waals surface area contributed by atoms with E-state index in [1.54, 1.807) is 4.90 Å². The molecule has 0 aliphatic carbocycles. The molecule has 1 unspecified atom stereocenters. The molecule has 3 rings (SSSR count). The summed E-state index contributed by atoms with van der Waals surface area (Å²) in [5, 5.41) is 9.07. The molecule has 1 fully saturated rings. The van der Waals surface area contributed by atoms with Crippen LogP contribution in [0.2, 0.25) is 5.02 Å². The van der Waals surface area contributed by atoms with Gasteiger partial charge in [0.1, 0.15) is 18.0 Å². The number of halogens is 2. The van der Waals surface area contributed by atoms with E-state index in [1.165, 1.54) is 24.5 Å². The first-order valence-corrected chi connectivity index (χ1v) is 7.58. The minimum Gasteiger partial charge on any atom is -0.470 e. The van der Waals surface area contributed by atoms with Crippen LogP contribution in [0.1, 0.15) is 22.5 Å². The molecule has 1 saturated heterocycles. The molecule has 0 bridgehead atoms. The molecule has 2 heterocycles. The van der Waals surface area contributed by atoms with Crippen LogP contribution < -0.4 is 4.74 Å². The SMILES string of the molecule is N#Cc1nccnc1OC1CCN(C(=O)c2ccc(F)cc2Cl)C1. The Morgan fingerprint density at radius 2 is 2.21 bits per heavy atom. The van der Waals surface area contributed by atoms with Gasteiger partial charge in [0.15, 0.2) is 0 Å². The molecular weight excluding hydrogens is 335 g/mol. The van der Waals surface area contributed by atoms with E-state index in [2.05, 4.69) is 9.97 Å². The van der Waals surface area contributed by atoms with Gasteiger partial charge in [-0.15, -0.1) is 0 Å². The van der Waals surface area contributed by atoms with Gasteiger partial charge >= 0.3 is 0 Å². The van der Waals surface area contributed by atoms with Crippen molar-refractivity contribution in [3.05, 3.63) is 52.7 Å². The number of rotatable bonds is 3. The van der Waals surface area contributed by atoms with Gasteiger partial charge in [-0.3, -0.25) is 4.79 Å². The minimum atomic E-state index is -0.495. The summed E-state index contributed by atoms with van der Waals surface area (Å²) in [5.41, 5.74) is 0.347. The molecule has 24 heavy (non-hydrogen) atoms. The van der Waals surface area contributed by atoms with Crippen LogP contribution in [0, 0.1) is 17.1 Å². The predicted molar refractivity (Wildman–Crippen MR) is 83.1 cm³/mol. The van der Waals surface area contributed by atoms with Crippen molar-refractivity contribution in [2.75, 3.05) is 13.1 Å². The monoisotopic (exact) mass is 346 g/mol. The van der Waals surface area contributed by atoms with Gasteiger partial charge in [-0.05, 0) is 18.2 Å². The lowest BCUT2D eigenvalue weighted by molar-refractivity contribution is 0.0771. The molecule has 6 nitrogen and oxygen atoms in total. The molecule has 1 aromatic heterocycles. The van der Waals surface area contributed by atoms with Gasteiger partial charge in [0, 0.05) is 25.4 Å². The summed E-state index contributed by atoms with van der Waals surface area (Å²) >= 11 is 5.94. The molecule has 0 saturated carbocycles. The molecule has 1 aliphatic heterocycles. The van der Waals surface area contributed by atoms with Gasteiger partial charge in [0.25, 0.3) is 11.8 Å². The Labute approximate surface area is 142 Å². The van der Waals surface area contributed by atoms with Crippen molar-refractivity contribution in [2.24, 2.45) is 0 Å². The number of hydrogen-bond donors (Lipinski definition) is 0. The summed E-state index contributed by atoms with van der Waals surface area (Å²) in [4.78, 5) is 21.9. The molecule has 122 valence electrons. The van der Waals surface area contributed by atoms with E-state index >= 15 is 0 Å². The fourth-order valence-corrected chi connectivity index (χ4v) is 2.74. The highest BCUT2D eigenvalue weighted by Gasteiger charge is 2.30. The largest absolute Gasteiger partial charge is 0.470 e. The van der Waals surface area contributed by atoms with Gasteiger partial charge in [-0.2, -0.15) is 5.26 Å². The summed E-state index contributed by atoms with van der Waals surface area (Å²) in [5.74, 6) is -0.629. The fourth-order valence-electron chi connectivity index (χ4n) is 2.49. The average molecular weight is 347 g/mol. The minimum absolute atomic E-state index is 0.0741. The number of nitriles is 1. The van der Waals surface area contributed by atoms with E-state index < -0.39 is 5.82 Å². The Balaban J connectivity index is 1.69. The van der Waals surface area contributed by atoms with E-state index in [-0.39, 0.29) is 34.2 Å². The summed E-state index contributed by atoms with van der Waals surface area (Å²) in [6, 6.07) is 5.58. The van der Waals surface area contributed by atoms with Crippen molar-refractivity contribution in [3.8, 4) is 11.9 Å². The third-order valence-electron chi connectivity index (χ3n) is 3.64. The van der Waals surface area contributed by atoms with Crippen LogP contribution in [0.4, 0.5) is 4.39 Å². The Hall–Kier alpha value is -2.72. The Morgan fingerprint density at radius 1 is 1.42 bits per heavy atom. The number of carbonyl (C=O) groups is 1. The number of benzene rings is 1. The van der Waals surface area contributed by atoms with Crippen LogP contribution in [0.25, 0.3) is 0 Å². The second kappa shape index (κ2) is 6.81. The van der Waals surface area contributed by atoms with Crippen molar-refractivity contribution in [2.45, 2.75) is 12.5 Å². The maximum absolute atomic E-state index is 13.1. The molecule has 1 atom stereocenters. The van der Waals surface area contributed by atoms with Crippen LogP contribution in [0.15, 0.2) is 30.6 Å². The second-order valence-corrected chi connectivity index (χ2v) is 5.63. The third kappa shape index (κ3) is 3.29. The quantitative estimate of drug-likeness (QED) is 0.852. The topological polar surface area (TPSA) is 79.1 Å². The fraction of sp³-hybridized carbons (Fsp3) is 0.250. The zero-order valence-corrected chi connectivity index (χ0v) is 13.2. The number of aromatic nitrogens is 2. The second-order valence-electron chi connectivity index (χ2n) is 5.23. The molecular formula is C16H12ClFN4O2. The number of nitrogens with zero attached hydrogens (tertiary/aromatic N) is 4. The van der Waals surface area contributed by atoms with Gasteiger partial charge in [0.2, 0.25) is 5.69 Å². The summed E-state index contributed by atoms with van der Waals surface area (Å²) in [6.07, 6.45) is 3.14. The van der Waals surface area contributed by atoms with Gasteiger partial charge in [0.05, 0.1) is 17.1 Å².